The molecule has 23 heavy (non-hydrogen) atoms. The van der Waals surface area contributed by atoms with Crippen LogP contribution in [0.4, 0.5) is 0 Å². The number of carbonyl (C=O) groups excluding carboxylic acids is 2. The molecule has 4 fully saturated rings. The first-order valence-corrected chi connectivity index (χ1v) is 9.79. The zero-order chi connectivity index (χ0) is 15.6. The SMILES string of the molecule is O=C(c1ccc(C(=O)N2C3CCC2CC3)s1)N1C2CCC1CC2. The van der Waals surface area contributed by atoms with Crippen LogP contribution in [-0.4, -0.2) is 45.8 Å². The van der Waals surface area contributed by atoms with Crippen LogP contribution in [0.15, 0.2) is 12.1 Å². The van der Waals surface area contributed by atoms with Crippen molar-refractivity contribution in [2.24, 2.45) is 0 Å². The van der Waals surface area contributed by atoms with E-state index in [1.165, 1.54) is 11.3 Å². The fraction of sp³-hybridized carbons (Fsp3) is 0.667. The molecule has 4 bridgehead atoms. The van der Waals surface area contributed by atoms with Crippen molar-refractivity contribution in [3.8, 4) is 0 Å². The zero-order valence-corrected chi connectivity index (χ0v) is 14.1. The average molecular weight is 330 g/mol. The van der Waals surface area contributed by atoms with Crippen LogP contribution in [0.1, 0.15) is 70.7 Å². The Morgan fingerprint density at radius 3 is 1.30 bits per heavy atom. The van der Waals surface area contributed by atoms with Gasteiger partial charge < -0.3 is 9.80 Å². The summed E-state index contributed by atoms with van der Waals surface area (Å²) in [4.78, 5) is 31.3. The summed E-state index contributed by atoms with van der Waals surface area (Å²) in [5, 5.41) is 0. The van der Waals surface area contributed by atoms with Gasteiger partial charge >= 0.3 is 0 Å². The van der Waals surface area contributed by atoms with Crippen LogP contribution in [0.25, 0.3) is 0 Å². The molecule has 122 valence electrons. The summed E-state index contributed by atoms with van der Waals surface area (Å²) in [5.41, 5.74) is 0. The van der Waals surface area contributed by atoms with Crippen molar-refractivity contribution in [2.45, 2.75) is 75.5 Å². The highest BCUT2D eigenvalue weighted by atomic mass is 32.1. The number of amides is 2. The van der Waals surface area contributed by atoms with Gasteiger partial charge in [-0.15, -0.1) is 11.3 Å². The monoisotopic (exact) mass is 330 g/mol. The number of hydrogen-bond acceptors (Lipinski definition) is 3. The van der Waals surface area contributed by atoms with E-state index in [4.69, 9.17) is 0 Å². The summed E-state index contributed by atoms with van der Waals surface area (Å²) < 4.78 is 0. The lowest BCUT2D eigenvalue weighted by molar-refractivity contribution is 0.0728. The number of hydrogen-bond donors (Lipinski definition) is 0. The van der Waals surface area contributed by atoms with Gasteiger partial charge in [0, 0.05) is 24.2 Å². The maximum absolute atomic E-state index is 12.8. The van der Waals surface area contributed by atoms with Crippen LogP contribution in [0.5, 0.6) is 0 Å². The minimum Gasteiger partial charge on any atom is -0.332 e. The Kier molecular flexibility index (Phi) is 3.09. The second kappa shape index (κ2) is 5.07. The predicted octanol–water partition coefficient (Wildman–Crippen LogP) is 3.28. The topological polar surface area (TPSA) is 40.6 Å². The Bertz CT molecular complexity index is 575. The van der Waals surface area contributed by atoms with Crippen LogP contribution < -0.4 is 0 Å². The fourth-order valence-electron chi connectivity index (χ4n) is 5.31. The van der Waals surface area contributed by atoms with Gasteiger partial charge in [-0.1, -0.05) is 0 Å². The summed E-state index contributed by atoms with van der Waals surface area (Å²) in [7, 11) is 0. The first-order valence-electron chi connectivity index (χ1n) is 8.97. The molecular formula is C18H22N2O2S. The molecule has 5 heteroatoms. The van der Waals surface area contributed by atoms with Crippen molar-refractivity contribution >= 4 is 23.2 Å². The van der Waals surface area contributed by atoms with Gasteiger partial charge in [0.25, 0.3) is 11.8 Å². The molecule has 4 nitrogen and oxygen atoms in total. The third kappa shape index (κ3) is 2.02. The van der Waals surface area contributed by atoms with E-state index in [1.807, 2.05) is 12.1 Å². The number of rotatable bonds is 2. The van der Waals surface area contributed by atoms with Gasteiger partial charge in [-0.05, 0) is 63.5 Å². The van der Waals surface area contributed by atoms with Crippen LogP contribution in [-0.2, 0) is 0 Å². The normalized spacial score (nSPS) is 34.6. The van der Waals surface area contributed by atoms with Crippen molar-refractivity contribution in [3.05, 3.63) is 21.9 Å². The number of nitrogens with zero attached hydrogens (tertiary/aromatic N) is 2. The maximum atomic E-state index is 12.8. The Labute approximate surface area is 140 Å². The van der Waals surface area contributed by atoms with Gasteiger partial charge in [-0.25, -0.2) is 0 Å². The summed E-state index contributed by atoms with van der Waals surface area (Å²) in [6.45, 7) is 0. The van der Waals surface area contributed by atoms with Crippen LogP contribution in [0.3, 0.4) is 0 Å². The molecule has 5 rings (SSSR count). The standard InChI is InChI=1S/C18H22N2O2S/c21-17(19-11-1-2-12(19)4-3-11)15-9-10-16(23-15)18(22)20-13-5-6-14(20)8-7-13/h9-14H,1-8H2. The van der Waals surface area contributed by atoms with E-state index in [1.54, 1.807) is 0 Å². The molecule has 0 atom stereocenters. The van der Waals surface area contributed by atoms with Crippen molar-refractivity contribution in [1.82, 2.24) is 9.80 Å². The highest BCUT2D eigenvalue weighted by Gasteiger charge is 2.44. The van der Waals surface area contributed by atoms with Gasteiger partial charge in [-0.2, -0.15) is 0 Å². The predicted molar refractivity (Wildman–Crippen MR) is 88.7 cm³/mol. The van der Waals surface area contributed by atoms with Crippen LogP contribution in [0.2, 0.25) is 0 Å². The van der Waals surface area contributed by atoms with Crippen LogP contribution in [0, 0.1) is 0 Å². The fourth-order valence-corrected chi connectivity index (χ4v) is 6.21. The van der Waals surface area contributed by atoms with Gasteiger partial charge in [-0.3, -0.25) is 9.59 Å². The third-order valence-electron chi connectivity index (χ3n) is 6.40. The Balaban J connectivity index is 1.36. The van der Waals surface area contributed by atoms with E-state index in [9.17, 15) is 9.59 Å². The smallest absolute Gasteiger partial charge is 0.264 e. The van der Waals surface area contributed by atoms with E-state index in [-0.39, 0.29) is 11.8 Å². The molecule has 0 spiro atoms. The molecule has 2 amide bonds. The first-order chi connectivity index (χ1) is 11.2. The van der Waals surface area contributed by atoms with E-state index >= 15 is 0 Å². The summed E-state index contributed by atoms with van der Waals surface area (Å²) in [6.07, 6.45) is 9.26. The number of thiophene rings is 1. The largest absolute Gasteiger partial charge is 0.332 e. The minimum absolute atomic E-state index is 0.156. The lowest BCUT2D eigenvalue weighted by atomic mass is 10.0. The molecule has 4 saturated heterocycles. The van der Waals surface area contributed by atoms with Crippen molar-refractivity contribution in [3.63, 3.8) is 0 Å². The van der Waals surface area contributed by atoms with E-state index < -0.39 is 0 Å². The maximum Gasteiger partial charge on any atom is 0.264 e. The highest BCUT2D eigenvalue weighted by molar-refractivity contribution is 7.15. The number of carbonyl (C=O) groups is 2. The van der Waals surface area contributed by atoms with Gasteiger partial charge in [0.2, 0.25) is 0 Å². The molecule has 1 aromatic rings. The molecule has 0 radical (unpaired) electrons. The molecular weight excluding hydrogens is 308 g/mol. The van der Waals surface area contributed by atoms with Gasteiger partial charge in [0.15, 0.2) is 0 Å². The van der Waals surface area contributed by atoms with E-state index in [2.05, 4.69) is 9.80 Å². The lowest BCUT2D eigenvalue weighted by Gasteiger charge is -2.22. The minimum atomic E-state index is 0.156. The summed E-state index contributed by atoms with van der Waals surface area (Å²) in [6, 6.07) is 5.53. The molecule has 0 aliphatic carbocycles. The molecule has 5 heterocycles. The quantitative estimate of drug-likeness (QED) is 0.835. The van der Waals surface area contributed by atoms with E-state index in [0.717, 1.165) is 61.1 Å². The first kappa shape index (κ1) is 14.0. The second-order valence-corrected chi connectivity index (χ2v) is 8.60. The van der Waals surface area contributed by atoms with Crippen molar-refractivity contribution in [1.29, 1.82) is 0 Å². The molecule has 1 aromatic heterocycles. The molecule has 4 aliphatic rings. The molecule has 0 N–H and O–H groups in total. The van der Waals surface area contributed by atoms with Gasteiger partial charge in [0.1, 0.15) is 0 Å². The number of fused-ring (bicyclic) bond motifs is 4. The van der Waals surface area contributed by atoms with Crippen LogP contribution >= 0.6 is 11.3 Å². The second-order valence-electron chi connectivity index (χ2n) is 7.51. The third-order valence-corrected chi connectivity index (χ3v) is 7.46. The molecule has 0 unspecified atom stereocenters. The van der Waals surface area contributed by atoms with Crippen molar-refractivity contribution < 1.29 is 9.59 Å². The molecule has 4 aliphatic heterocycles. The van der Waals surface area contributed by atoms with Gasteiger partial charge in [0.05, 0.1) is 9.75 Å². The lowest BCUT2D eigenvalue weighted by Crippen LogP contribution is -2.35. The van der Waals surface area contributed by atoms with Crippen molar-refractivity contribution in [2.75, 3.05) is 0 Å². The van der Waals surface area contributed by atoms with E-state index in [0.29, 0.717) is 24.2 Å². The molecule has 0 saturated carbocycles. The zero-order valence-electron chi connectivity index (χ0n) is 13.2. The Morgan fingerprint density at radius 2 is 1.00 bits per heavy atom. The Morgan fingerprint density at radius 1 is 0.696 bits per heavy atom. The summed E-state index contributed by atoms with van der Waals surface area (Å²) >= 11 is 1.40. The average Bonchev–Trinajstić information content (AvgIpc) is 3.39. The Hall–Kier alpha value is -1.36. The highest BCUT2D eigenvalue weighted by Crippen LogP contribution is 2.41. The molecule has 0 aromatic carbocycles. The summed E-state index contributed by atoms with van der Waals surface area (Å²) in [5.74, 6) is 0.312.